The van der Waals surface area contributed by atoms with E-state index in [1.807, 2.05) is 18.3 Å². The zero-order chi connectivity index (χ0) is 29.2. The van der Waals surface area contributed by atoms with E-state index in [1.54, 1.807) is 23.7 Å². The summed E-state index contributed by atoms with van der Waals surface area (Å²) in [5, 5.41) is 18.6. The van der Waals surface area contributed by atoms with Crippen LogP contribution in [0.4, 0.5) is 26.3 Å². The first-order valence-corrected chi connectivity index (χ1v) is 12.0. The van der Waals surface area contributed by atoms with E-state index >= 15 is 0 Å². The van der Waals surface area contributed by atoms with Gasteiger partial charge in [0.1, 0.15) is 5.82 Å². The summed E-state index contributed by atoms with van der Waals surface area (Å²) >= 11 is 1.76. The molecule has 3 aromatic heterocycles. The van der Waals surface area contributed by atoms with E-state index in [0.717, 1.165) is 36.7 Å². The molecule has 1 aliphatic rings. The van der Waals surface area contributed by atoms with E-state index in [4.69, 9.17) is 24.5 Å². The van der Waals surface area contributed by atoms with Crippen LogP contribution in [0.15, 0.2) is 47.5 Å². The Bertz CT molecular complexity index is 1160. The first kappa shape index (κ1) is 31.7. The molecule has 0 spiro atoms. The maximum Gasteiger partial charge on any atom is 0.490 e. The fraction of sp³-hybridized carbons (Fsp3) is 0.391. The van der Waals surface area contributed by atoms with Gasteiger partial charge in [-0.3, -0.25) is 9.88 Å². The van der Waals surface area contributed by atoms with Crippen molar-refractivity contribution in [1.82, 2.24) is 19.4 Å². The number of imidazole rings is 1. The molecule has 0 bridgehead atoms. The molecule has 1 atom stereocenters. The van der Waals surface area contributed by atoms with Crippen LogP contribution in [0.2, 0.25) is 0 Å². The second-order valence-corrected chi connectivity index (χ2v) is 8.77. The van der Waals surface area contributed by atoms with E-state index < -0.39 is 24.3 Å². The Morgan fingerprint density at radius 2 is 1.59 bits per heavy atom. The first-order chi connectivity index (χ1) is 18.2. The van der Waals surface area contributed by atoms with Crippen molar-refractivity contribution in [3.05, 3.63) is 70.2 Å². The van der Waals surface area contributed by atoms with Crippen molar-refractivity contribution < 1.29 is 50.9 Å². The number of aromatic nitrogens is 3. The normalized spacial score (nSPS) is 15.3. The molecule has 4 rings (SSSR count). The van der Waals surface area contributed by atoms with Crippen LogP contribution < -0.4 is 0 Å². The van der Waals surface area contributed by atoms with Crippen molar-refractivity contribution >= 4 is 23.3 Å². The summed E-state index contributed by atoms with van der Waals surface area (Å²) in [4.78, 5) is 29.0. The van der Waals surface area contributed by atoms with Gasteiger partial charge in [0.05, 0.1) is 31.1 Å². The summed E-state index contributed by atoms with van der Waals surface area (Å²) in [6.45, 7) is 6.43. The average Bonchev–Trinajstić information content (AvgIpc) is 3.52. The topological polar surface area (TPSA) is 118 Å². The second-order valence-electron chi connectivity index (χ2n) is 7.99. The summed E-state index contributed by atoms with van der Waals surface area (Å²) in [6, 6.07) is 6.49. The lowest BCUT2D eigenvalue weighted by molar-refractivity contribution is -0.193. The summed E-state index contributed by atoms with van der Waals surface area (Å²) < 4.78 is 71.7. The highest BCUT2D eigenvalue weighted by molar-refractivity contribution is 7.07. The Morgan fingerprint density at radius 3 is 2.10 bits per heavy atom. The number of aliphatic carboxylic acids is 2. The van der Waals surface area contributed by atoms with Gasteiger partial charge < -0.3 is 19.5 Å². The quantitative estimate of drug-likeness (QED) is 0.394. The fourth-order valence-electron chi connectivity index (χ4n) is 3.30. The Hall–Kier alpha value is -3.50. The third kappa shape index (κ3) is 10.3. The van der Waals surface area contributed by atoms with Crippen LogP contribution in [0, 0.1) is 0 Å². The predicted octanol–water partition coefficient (Wildman–Crippen LogP) is 4.90. The van der Waals surface area contributed by atoms with Crippen molar-refractivity contribution in [3.8, 4) is 0 Å². The molecule has 0 radical (unpaired) electrons. The number of pyridine rings is 1. The third-order valence-corrected chi connectivity index (χ3v) is 5.95. The molecule has 39 heavy (non-hydrogen) atoms. The van der Waals surface area contributed by atoms with Gasteiger partial charge in [0.25, 0.3) is 0 Å². The lowest BCUT2D eigenvalue weighted by Crippen LogP contribution is -2.37. The highest BCUT2D eigenvalue weighted by Gasteiger charge is 2.38. The van der Waals surface area contributed by atoms with Crippen molar-refractivity contribution in [3.63, 3.8) is 0 Å². The molecular weight excluding hydrogens is 558 g/mol. The molecule has 0 aromatic carbocycles. The van der Waals surface area contributed by atoms with Crippen LogP contribution in [0.3, 0.4) is 0 Å². The summed E-state index contributed by atoms with van der Waals surface area (Å²) in [7, 11) is 0. The van der Waals surface area contributed by atoms with Crippen molar-refractivity contribution in [1.29, 1.82) is 0 Å². The molecular formula is C23H24F6N4O5S. The zero-order valence-corrected chi connectivity index (χ0v) is 21.1. The highest BCUT2D eigenvalue weighted by Crippen LogP contribution is 2.27. The van der Waals surface area contributed by atoms with Crippen molar-refractivity contribution in [2.45, 2.75) is 51.6 Å². The molecule has 2 N–H and O–H groups in total. The third-order valence-electron chi connectivity index (χ3n) is 5.22. The largest absolute Gasteiger partial charge is 0.490 e. The van der Waals surface area contributed by atoms with E-state index in [9.17, 15) is 26.3 Å². The van der Waals surface area contributed by atoms with Crippen LogP contribution >= 0.6 is 11.3 Å². The number of ether oxygens (including phenoxy) is 1. The minimum Gasteiger partial charge on any atom is -0.475 e. The molecule has 3 aromatic rings. The number of alkyl halides is 6. The lowest BCUT2D eigenvalue weighted by Gasteiger charge is -2.34. The SMILES string of the molecule is CC1c2ncc(COCc3ccncc3)n2CCN1Cc1ccsc1.O=C(O)C(F)(F)F.O=C(O)C(F)(F)F. The van der Waals surface area contributed by atoms with Gasteiger partial charge in [-0.15, -0.1) is 0 Å². The van der Waals surface area contributed by atoms with Crippen LogP contribution in [-0.2, 0) is 40.6 Å². The number of carboxylic acid groups (broad SMARTS) is 2. The van der Waals surface area contributed by atoms with Crippen molar-refractivity contribution in [2.24, 2.45) is 0 Å². The molecule has 0 saturated carbocycles. The Morgan fingerprint density at radius 1 is 1.00 bits per heavy atom. The summed E-state index contributed by atoms with van der Waals surface area (Å²) in [5.74, 6) is -4.37. The van der Waals surface area contributed by atoms with Gasteiger partial charge in [0.2, 0.25) is 0 Å². The van der Waals surface area contributed by atoms with Crippen molar-refractivity contribution in [2.75, 3.05) is 6.54 Å². The molecule has 1 unspecified atom stereocenters. The number of hydrogen-bond acceptors (Lipinski definition) is 7. The van der Waals surface area contributed by atoms with Crippen LogP contribution in [0.1, 0.15) is 35.6 Å². The minimum absolute atomic E-state index is 0.322. The number of carbonyl (C=O) groups is 2. The van der Waals surface area contributed by atoms with E-state index in [2.05, 4.69) is 43.2 Å². The average molecular weight is 583 g/mol. The molecule has 0 aliphatic carbocycles. The zero-order valence-electron chi connectivity index (χ0n) is 20.3. The molecule has 16 heteroatoms. The number of halogens is 6. The molecule has 1 aliphatic heterocycles. The Labute approximate surface area is 222 Å². The molecule has 0 amide bonds. The Balaban J connectivity index is 0.000000317. The maximum absolute atomic E-state index is 10.6. The number of thiophene rings is 1. The van der Waals surface area contributed by atoms with Gasteiger partial charge in [0.15, 0.2) is 0 Å². The second kappa shape index (κ2) is 14.0. The number of fused-ring (bicyclic) bond motifs is 1. The molecule has 9 nitrogen and oxygen atoms in total. The van der Waals surface area contributed by atoms with E-state index in [-0.39, 0.29) is 0 Å². The fourth-order valence-corrected chi connectivity index (χ4v) is 3.96. The molecule has 0 saturated heterocycles. The monoisotopic (exact) mass is 582 g/mol. The van der Waals surface area contributed by atoms with Gasteiger partial charge in [-0.1, -0.05) is 0 Å². The lowest BCUT2D eigenvalue weighted by atomic mass is 10.2. The Kier molecular flexibility index (Phi) is 11.4. The van der Waals surface area contributed by atoms with Gasteiger partial charge in [-0.25, -0.2) is 14.6 Å². The molecule has 214 valence electrons. The number of rotatable bonds is 6. The first-order valence-electron chi connectivity index (χ1n) is 11.1. The smallest absolute Gasteiger partial charge is 0.475 e. The van der Waals surface area contributed by atoms with E-state index in [0.29, 0.717) is 19.3 Å². The standard InChI is InChI=1S/C19H22N4OS.2C2HF3O2/c1-15-19-21-10-18(13-24-12-16-2-5-20-6-3-16)23(19)8-7-22(15)11-17-4-9-25-14-17;2*3-2(4,5)1(6)7/h2-6,9-10,14-15H,7-8,11-13H2,1H3;2*(H,6,7). The number of hydrogen-bond donors (Lipinski definition) is 2. The predicted molar refractivity (Wildman–Crippen MR) is 125 cm³/mol. The molecule has 4 heterocycles. The number of carboxylic acids is 2. The van der Waals surface area contributed by atoms with Crippen LogP contribution in [0.5, 0.6) is 0 Å². The summed E-state index contributed by atoms with van der Waals surface area (Å²) in [5.41, 5.74) is 3.69. The van der Waals surface area contributed by atoms with Crippen LogP contribution in [-0.4, -0.2) is 60.5 Å². The summed E-state index contributed by atoms with van der Waals surface area (Å²) in [6.07, 6.45) is -4.61. The van der Waals surface area contributed by atoms with E-state index in [1.165, 1.54) is 5.56 Å². The van der Waals surface area contributed by atoms with Crippen LogP contribution in [0.25, 0.3) is 0 Å². The van der Waals surface area contributed by atoms with Gasteiger partial charge in [-0.05, 0) is 47.0 Å². The van der Waals surface area contributed by atoms with Gasteiger partial charge >= 0.3 is 24.3 Å². The molecule has 0 fully saturated rings. The maximum atomic E-state index is 10.6. The van der Waals surface area contributed by atoms with Gasteiger partial charge in [0, 0.05) is 32.0 Å². The van der Waals surface area contributed by atoms with Gasteiger partial charge in [-0.2, -0.15) is 37.7 Å². The minimum atomic E-state index is -5.08. The highest BCUT2D eigenvalue weighted by atomic mass is 32.1. The number of nitrogens with zero attached hydrogens (tertiary/aromatic N) is 4.